The average molecular weight is 292 g/mol. The van der Waals surface area contributed by atoms with Crippen molar-refractivity contribution < 1.29 is 9.18 Å². The van der Waals surface area contributed by atoms with Crippen molar-refractivity contribution >= 4 is 5.91 Å². The first-order chi connectivity index (χ1) is 10.0. The van der Waals surface area contributed by atoms with Gasteiger partial charge >= 0.3 is 0 Å². The molecule has 2 rings (SSSR count). The highest BCUT2D eigenvalue weighted by atomic mass is 19.1. The van der Waals surface area contributed by atoms with E-state index in [0.29, 0.717) is 11.8 Å². The molecule has 0 spiro atoms. The standard InChI is InChI=1S/C17H25FN2O/c1-11(2)10-15(17(21)19-3)20-16(12-4-5-12)13-6-8-14(18)9-7-13/h6-9,11-12,15-16,20H,4-5,10H2,1-3H3,(H,19,21). The molecule has 1 aliphatic carbocycles. The summed E-state index contributed by atoms with van der Waals surface area (Å²) in [6.45, 7) is 4.23. The zero-order valence-electron chi connectivity index (χ0n) is 13.0. The average Bonchev–Trinajstić information content (AvgIpc) is 3.28. The zero-order chi connectivity index (χ0) is 15.4. The van der Waals surface area contributed by atoms with Crippen LogP contribution in [0.4, 0.5) is 4.39 Å². The van der Waals surface area contributed by atoms with Crippen molar-refractivity contribution in [2.24, 2.45) is 11.8 Å². The molecule has 0 aromatic heterocycles. The second-order valence-corrected chi connectivity index (χ2v) is 6.33. The SMILES string of the molecule is CNC(=O)C(CC(C)C)NC(c1ccc(F)cc1)C1CC1. The number of nitrogens with one attached hydrogen (secondary N) is 2. The second-order valence-electron chi connectivity index (χ2n) is 6.33. The van der Waals surface area contributed by atoms with E-state index in [1.807, 2.05) is 12.1 Å². The van der Waals surface area contributed by atoms with Crippen LogP contribution in [-0.4, -0.2) is 19.0 Å². The number of halogens is 1. The zero-order valence-corrected chi connectivity index (χ0v) is 13.0. The maximum Gasteiger partial charge on any atom is 0.236 e. The quantitative estimate of drug-likeness (QED) is 0.811. The normalized spacial score (nSPS) is 17.6. The highest BCUT2D eigenvalue weighted by Gasteiger charge is 2.35. The molecule has 0 saturated heterocycles. The minimum Gasteiger partial charge on any atom is -0.358 e. The van der Waals surface area contributed by atoms with E-state index in [9.17, 15) is 9.18 Å². The van der Waals surface area contributed by atoms with E-state index >= 15 is 0 Å². The minimum absolute atomic E-state index is 0.0245. The van der Waals surface area contributed by atoms with Crippen molar-refractivity contribution in [3.05, 3.63) is 35.6 Å². The molecule has 3 nitrogen and oxygen atoms in total. The summed E-state index contributed by atoms with van der Waals surface area (Å²) in [6.07, 6.45) is 3.12. The molecule has 116 valence electrons. The molecule has 21 heavy (non-hydrogen) atoms. The van der Waals surface area contributed by atoms with Gasteiger partial charge in [-0.25, -0.2) is 4.39 Å². The number of amides is 1. The number of hydrogen-bond acceptors (Lipinski definition) is 2. The molecule has 2 N–H and O–H groups in total. The molecule has 0 bridgehead atoms. The third-order valence-electron chi connectivity index (χ3n) is 3.97. The lowest BCUT2D eigenvalue weighted by Crippen LogP contribution is -2.45. The molecule has 1 amide bonds. The first-order valence-electron chi connectivity index (χ1n) is 7.74. The molecule has 1 saturated carbocycles. The van der Waals surface area contributed by atoms with Gasteiger partial charge in [-0.2, -0.15) is 0 Å². The molecule has 0 heterocycles. The Bertz CT molecular complexity index is 468. The third-order valence-corrected chi connectivity index (χ3v) is 3.97. The van der Waals surface area contributed by atoms with Gasteiger partial charge in [0.2, 0.25) is 5.91 Å². The fraction of sp³-hybridized carbons (Fsp3) is 0.588. The Morgan fingerprint density at radius 1 is 1.29 bits per heavy atom. The Hall–Kier alpha value is -1.42. The summed E-state index contributed by atoms with van der Waals surface area (Å²) in [6, 6.07) is 6.55. The van der Waals surface area contributed by atoms with Crippen molar-refractivity contribution in [3.63, 3.8) is 0 Å². The monoisotopic (exact) mass is 292 g/mol. The molecule has 1 fully saturated rings. The van der Waals surface area contributed by atoms with Crippen LogP contribution in [-0.2, 0) is 4.79 Å². The maximum absolute atomic E-state index is 13.1. The topological polar surface area (TPSA) is 41.1 Å². The predicted octanol–water partition coefficient (Wildman–Crippen LogP) is 3.03. The number of carbonyl (C=O) groups is 1. The molecular weight excluding hydrogens is 267 g/mol. The van der Waals surface area contributed by atoms with Crippen molar-refractivity contribution in [1.82, 2.24) is 10.6 Å². The van der Waals surface area contributed by atoms with Gasteiger partial charge in [0.1, 0.15) is 5.82 Å². The van der Waals surface area contributed by atoms with E-state index in [0.717, 1.165) is 24.8 Å². The summed E-state index contributed by atoms with van der Waals surface area (Å²) in [7, 11) is 1.67. The number of hydrogen-bond donors (Lipinski definition) is 2. The van der Waals surface area contributed by atoms with Crippen LogP contribution in [0.25, 0.3) is 0 Å². The summed E-state index contributed by atoms with van der Waals surface area (Å²) in [5.74, 6) is 0.789. The Morgan fingerprint density at radius 2 is 1.90 bits per heavy atom. The van der Waals surface area contributed by atoms with Crippen LogP contribution in [0.3, 0.4) is 0 Å². The molecule has 1 aliphatic rings. The van der Waals surface area contributed by atoms with Crippen LogP contribution in [0.2, 0.25) is 0 Å². The first kappa shape index (κ1) is 16.0. The van der Waals surface area contributed by atoms with Gasteiger partial charge in [0.25, 0.3) is 0 Å². The molecule has 1 aromatic carbocycles. The summed E-state index contributed by atoms with van der Waals surface area (Å²) >= 11 is 0. The summed E-state index contributed by atoms with van der Waals surface area (Å²) in [5, 5.41) is 6.23. The third kappa shape index (κ3) is 4.53. The smallest absolute Gasteiger partial charge is 0.236 e. The lowest BCUT2D eigenvalue weighted by atomic mass is 9.97. The number of likely N-dealkylation sites (N-methyl/N-ethyl adjacent to an activating group) is 1. The number of rotatable bonds is 7. The fourth-order valence-corrected chi connectivity index (χ4v) is 2.72. The van der Waals surface area contributed by atoms with Crippen LogP contribution < -0.4 is 10.6 Å². The lowest BCUT2D eigenvalue weighted by molar-refractivity contribution is -0.123. The molecule has 2 atom stereocenters. The van der Waals surface area contributed by atoms with E-state index in [1.165, 1.54) is 12.1 Å². The highest BCUT2D eigenvalue weighted by molar-refractivity contribution is 5.81. The van der Waals surface area contributed by atoms with Crippen LogP contribution in [0.5, 0.6) is 0 Å². The van der Waals surface area contributed by atoms with Gasteiger partial charge in [0, 0.05) is 13.1 Å². The molecule has 1 aromatic rings. The maximum atomic E-state index is 13.1. The van der Waals surface area contributed by atoms with Gasteiger partial charge in [0.15, 0.2) is 0 Å². The van der Waals surface area contributed by atoms with Crippen LogP contribution in [0, 0.1) is 17.7 Å². The molecule has 0 radical (unpaired) electrons. The molecule has 0 aliphatic heterocycles. The van der Waals surface area contributed by atoms with E-state index in [1.54, 1.807) is 7.05 Å². The number of carbonyl (C=O) groups excluding carboxylic acids is 1. The van der Waals surface area contributed by atoms with E-state index in [2.05, 4.69) is 24.5 Å². The molecule has 2 unspecified atom stereocenters. The van der Waals surface area contributed by atoms with Gasteiger partial charge in [-0.1, -0.05) is 26.0 Å². The van der Waals surface area contributed by atoms with E-state index < -0.39 is 0 Å². The van der Waals surface area contributed by atoms with Gasteiger partial charge < -0.3 is 5.32 Å². The highest BCUT2D eigenvalue weighted by Crippen LogP contribution is 2.41. The Balaban J connectivity index is 2.13. The second kappa shape index (κ2) is 7.03. The predicted molar refractivity (Wildman–Crippen MR) is 82.3 cm³/mol. The lowest BCUT2D eigenvalue weighted by Gasteiger charge is -2.26. The van der Waals surface area contributed by atoms with E-state index in [4.69, 9.17) is 0 Å². The van der Waals surface area contributed by atoms with Crippen molar-refractivity contribution in [2.75, 3.05) is 7.05 Å². The summed E-state index contributed by atoms with van der Waals surface area (Å²) in [4.78, 5) is 12.1. The van der Waals surface area contributed by atoms with Gasteiger partial charge in [-0.3, -0.25) is 10.1 Å². The van der Waals surface area contributed by atoms with Crippen LogP contribution >= 0.6 is 0 Å². The van der Waals surface area contributed by atoms with Gasteiger partial charge in [-0.05, 0) is 48.8 Å². The first-order valence-corrected chi connectivity index (χ1v) is 7.74. The fourth-order valence-electron chi connectivity index (χ4n) is 2.72. The minimum atomic E-state index is -0.224. The van der Waals surface area contributed by atoms with Crippen molar-refractivity contribution in [3.8, 4) is 0 Å². The number of benzene rings is 1. The Kier molecular flexibility index (Phi) is 5.34. The molecule has 4 heteroatoms. The van der Waals surface area contributed by atoms with E-state index in [-0.39, 0.29) is 23.8 Å². The van der Waals surface area contributed by atoms with Gasteiger partial charge in [-0.15, -0.1) is 0 Å². The summed E-state index contributed by atoms with van der Waals surface area (Å²) < 4.78 is 13.1. The van der Waals surface area contributed by atoms with Gasteiger partial charge in [0.05, 0.1) is 6.04 Å². The molecular formula is C17H25FN2O. The van der Waals surface area contributed by atoms with Crippen LogP contribution in [0.1, 0.15) is 44.7 Å². The van der Waals surface area contributed by atoms with Crippen molar-refractivity contribution in [2.45, 2.75) is 45.2 Å². The summed E-state index contributed by atoms with van der Waals surface area (Å²) in [5.41, 5.74) is 1.07. The largest absolute Gasteiger partial charge is 0.358 e. The van der Waals surface area contributed by atoms with Crippen molar-refractivity contribution in [1.29, 1.82) is 0 Å². The van der Waals surface area contributed by atoms with Crippen LogP contribution in [0.15, 0.2) is 24.3 Å². The Labute approximate surface area is 126 Å². The Morgan fingerprint density at radius 3 is 2.38 bits per heavy atom.